The lowest BCUT2D eigenvalue weighted by Crippen LogP contribution is -2.01. The standard InChI is InChI=1S/C43H25N3S/c1-2-13-27(14-3-1)41-44-42(35-24-28-15-5-6-16-30(28)32-18-8-9-19-33(32)35)46-43(45-41)36-25-29-23-22-26-12-4-7-17-31(26)38(29)40-39(36)34-20-10-11-21-37(34)47-40/h1-25H. The van der Waals surface area contributed by atoms with Crippen LogP contribution >= 0.6 is 11.3 Å². The Kier molecular flexibility index (Phi) is 5.74. The highest BCUT2D eigenvalue weighted by atomic mass is 32.1. The van der Waals surface area contributed by atoms with Gasteiger partial charge in [0.25, 0.3) is 0 Å². The Morgan fingerprint density at radius 2 is 0.936 bits per heavy atom. The molecular formula is C43H25N3S. The number of hydrogen-bond acceptors (Lipinski definition) is 4. The molecule has 10 aromatic rings. The zero-order valence-corrected chi connectivity index (χ0v) is 26.0. The Balaban J connectivity index is 1.34. The van der Waals surface area contributed by atoms with Gasteiger partial charge in [-0.25, -0.2) is 15.0 Å². The fourth-order valence-corrected chi connectivity index (χ4v) is 8.43. The van der Waals surface area contributed by atoms with E-state index >= 15 is 0 Å². The Morgan fingerprint density at radius 3 is 1.77 bits per heavy atom. The molecule has 0 saturated heterocycles. The molecule has 0 radical (unpaired) electrons. The van der Waals surface area contributed by atoms with E-state index < -0.39 is 0 Å². The van der Waals surface area contributed by atoms with Gasteiger partial charge in [0, 0.05) is 42.2 Å². The monoisotopic (exact) mass is 615 g/mol. The van der Waals surface area contributed by atoms with Crippen LogP contribution in [0.2, 0.25) is 0 Å². The van der Waals surface area contributed by atoms with Crippen LogP contribution in [0, 0.1) is 0 Å². The van der Waals surface area contributed by atoms with Crippen molar-refractivity contribution in [2.24, 2.45) is 0 Å². The first-order chi connectivity index (χ1) is 23.3. The Labute approximate surface area is 274 Å². The van der Waals surface area contributed by atoms with Crippen molar-refractivity contribution < 1.29 is 0 Å². The molecule has 0 N–H and O–H groups in total. The number of thiophene rings is 1. The summed E-state index contributed by atoms with van der Waals surface area (Å²) in [6.07, 6.45) is 0. The zero-order valence-electron chi connectivity index (χ0n) is 25.2. The summed E-state index contributed by atoms with van der Waals surface area (Å²) in [7, 11) is 0. The van der Waals surface area contributed by atoms with Crippen LogP contribution in [0.1, 0.15) is 0 Å². The smallest absolute Gasteiger partial charge is 0.164 e. The molecule has 0 spiro atoms. The van der Waals surface area contributed by atoms with Crippen LogP contribution < -0.4 is 0 Å². The van der Waals surface area contributed by atoms with Gasteiger partial charge < -0.3 is 0 Å². The molecule has 0 bridgehead atoms. The van der Waals surface area contributed by atoms with Crippen LogP contribution in [0.5, 0.6) is 0 Å². The van der Waals surface area contributed by atoms with Crippen molar-refractivity contribution in [2.75, 3.05) is 0 Å². The average molecular weight is 616 g/mol. The Bertz CT molecular complexity index is 2850. The maximum Gasteiger partial charge on any atom is 0.164 e. The van der Waals surface area contributed by atoms with Gasteiger partial charge in [0.15, 0.2) is 17.5 Å². The first-order valence-corrected chi connectivity index (χ1v) is 16.6. The van der Waals surface area contributed by atoms with Crippen LogP contribution in [-0.4, -0.2) is 15.0 Å². The summed E-state index contributed by atoms with van der Waals surface area (Å²) < 4.78 is 2.51. The molecule has 0 amide bonds. The highest BCUT2D eigenvalue weighted by molar-refractivity contribution is 7.27. The third kappa shape index (κ3) is 4.09. The van der Waals surface area contributed by atoms with E-state index in [4.69, 9.17) is 15.0 Å². The topological polar surface area (TPSA) is 38.7 Å². The molecule has 0 unspecified atom stereocenters. The van der Waals surface area contributed by atoms with Crippen molar-refractivity contribution in [2.45, 2.75) is 0 Å². The van der Waals surface area contributed by atoms with Crippen molar-refractivity contribution in [3.63, 3.8) is 0 Å². The SMILES string of the molecule is c1ccc(-c2nc(-c3cc4ccccc4c4ccccc34)nc(-c3cc4ccc5ccccc5c4c4sc5ccccc5c34)n2)cc1. The minimum absolute atomic E-state index is 0.661. The quantitative estimate of drug-likeness (QED) is 0.186. The zero-order chi connectivity index (χ0) is 30.9. The van der Waals surface area contributed by atoms with Gasteiger partial charge in [-0.2, -0.15) is 0 Å². The van der Waals surface area contributed by atoms with Crippen molar-refractivity contribution in [1.29, 1.82) is 0 Å². The number of aromatic nitrogens is 3. The van der Waals surface area contributed by atoms with Gasteiger partial charge in [0.1, 0.15) is 0 Å². The lowest BCUT2D eigenvalue weighted by atomic mass is 9.95. The molecule has 2 aromatic heterocycles. The number of rotatable bonds is 3. The van der Waals surface area contributed by atoms with E-state index in [1.807, 2.05) is 29.5 Å². The average Bonchev–Trinajstić information content (AvgIpc) is 3.54. The summed E-state index contributed by atoms with van der Waals surface area (Å²) in [6.45, 7) is 0. The predicted octanol–water partition coefficient (Wildman–Crippen LogP) is 11.9. The van der Waals surface area contributed by atoms with Crippen LogP contribution in [0.4, 0.5) is 0 Å². The molecule has 0 aliphatic carbocycles. The molecule has 0 aliphatic rings. The summed E-state index contributed by atoms with van der Waals surface area (Å²) in [6, 6.07) is 53.7. The van der Waals surface area contributed by atoms with Gasteiger partial charge >= 0.3 is 0 Å². The Hall–Kier alpha value is -5.97. The number of benzene rings is 8. The first kappa shape index (κ1) is 26.3. The van der Waals surface area contributed by atoms with E-state index in [1.54, 1.807) is 0 Å². The molecule has 47 heavy (non-hydrogen) atoms. The van der Waals surface area contributed by atoms with Gasteiger partial charge in [-0.1, -0.05) is 133 Å². The summed E-state index contributed by atoms with van der Waals surface area (Å²) in [5, 5.41) is 12.1. The highest BCUT2D eigenvalue weighted by Gasteiger charge is 2.21. The molecule has 3 nitrogen and oxygen atoms in total. The van der Waals surface area contributed by atoms with Crippen LogP contribution in [0.15, 0.2) is 152 Å². The van der Waals surface area contributed by atoms with Gasteiger partial charge in [-0.15, -0.1) is 11.3 Å². The van der Waals surface area contributed by atoms with Gasteiger partial charge in [0.2, 0.25) is 0 Å². The van der Waals surface area contributed by atoms with Crippen molar-refractivity contribution in [1.82, 2.24) is 15.0 Å². The van der Waals surface area contributed by atoms with Crippen LogP contribution in [0.25, 0.3) is 97.4 Å². The number of nitrogens with zero attached hydrogens (tertiary/aromatic N) is 3. The maximum atomic E-state index is 5.34. The van der Waals surface area contributed by atoms with Gasteiger partial charge in [-0.3, -0.25) is 0 Å². The van der Waals surface area contributed by atoms with Gasteiger partial charge in [-0.05, 0) is 55.9 Å². The van der Waals surface area contributed by atoms with Crippen molar-refractivity contribution >= 4 is 74.6 Å². The van der Waals surface area contributed by atoms with Gasteiger partial charge in [0.05, 0.1) is 0 Å². The summed E-state index contributed by atoms with van der Waals surface area (Å²) >= 11 is 1.85. The van der Waals surface area contributed by atoms with E-state index in [2.05, 4.69) is 133 Å². The fraction of sp³-hybridized carbons (Fsp3) is 0. The summed E-state index contributed by atoms with van der Waals surface area (Å²) in [4.78, 5) is 15.7. The lowest BCUT2D eigenvalue weighted by molar-refractivity contribution is 1.08. The molecule has 8 aromatic carbocycles. The largest absolute Gasteiger partial charge is 0.208 e. The fourth-order valence-electron chi connectivity index (χ4n) is 7.13. The molecular weight excluding hydrogens is 591 g/mol. The molecule has 0 fully saturated rings. The lowest BCUT2D eigenvalue weighted by Gasteiger charge is -2.14. The summed E-state index contributed by atoms with van der Waals surface area (Å²) in [5.74, 6) is 2.01. The molecule has 218 valence electrons. The molecule has 0 atom stereocenters. The molecule has 0 saturated carbocycles. The van der Waals surface area contributed by atoms with Crippen molar-refractivity contribution in [3.05, 3.63) is 152 Å². The van der Waals surface area contributed by atoms with E-state index in [-0.39, 0.29) is 0 Å². The first-order valence-electron chi connectivity index (χ1n) is 15.8. The second kappa shape index (κ2) is 10.3. The maximum absolute atomic E-state index is 5.34. The van der Waals surface area contributed by atoms with E-state index in [9.17, 15) is 0 Å². The Morgan fingerprint density at radius 1 is 0.362 bits per heavy atom. The van der Waals surface area contributed by atoms with E-state index in [1.165, 1.54) is 52.5 Å². The highest BCUT2D eigenvalue weighted by Crippen LogP contribution is 2.46. The van der Waals surface area contributed by atoms with Crippen LogP contribution in [-0.2, 0) is 0 Å². The molecule has 2 heterocycles. The molecule has 0 aliphatic heterocycles. The second-order valence-electron chi connectivity index (χ2n) is 12.0. The van der Waals surface area contributed by atoms with Crippen molar-refractivity contribution in [3.8, 4) is 34.2 Å². The third-order valence-corrected chi connectivity index (χ3v) is 10.5. The van der Waals surface area contributed by atoms with E-state index in [0.29, 0.717) is 17.5 Å². The number of hydrogen-bond donors (Lipinski definition) is 0. The van der Waals surface area contributed by atoms with Crippen LogP contribution in [0.3, 0.4) is 0 Å². The minimum atomic E-state index is 0.661. The normalized spacial score (nSPS) is 11.8. The second-order valence-corrected chi connectivity index (χ2v) is 13.0. The summed E-state index contributed by atoms with van der Waals surface area (Å²) in [5.41, 5.74) is 2.98. The number of fused-ring (bicyclic) bond motifs is 10. The van der Waals surface area contributed by atoms with E-state index in [0.717, 1.165) is 27.5 Å². The third-order valence-electron chi connectivity index (χ3n) is 9.27. The molecule has 4 heteroatoms. The predicted molar refractivity (Wildman–Crippen MR) is 199 cm³/mol. The minimum Gasteiger partial charge on any atom is -0.208 e. The molecule has 10 rings (SSSR count).